The highest BCUT2D eigenvalue weighted by atomic mass is 35.5. The second-order valence-corrected chi connectivity index (χ2v) is 10.6. The van der Waals surface area contributed by atoms with Gasteiger partial charge in [0.15, 0.2) is 21.2 Å². The van der Waals surface area contributed by atoms with Crippen molar-refractivity contribution in [3.05, 3.63) is 64.2 Å². The number of amides is 1. The van der Waals surface area contributed by atoms with Crippen molar-refractivity contribution < 1.29 is 22.7 Å². The third-order valence-corrected chi connectivity index (χ3v) is 8.69. The van der Waals surface area contributed by atoms with Gasteiger partial charge in [-0.05, 0) is 55.5 Å². The van der Waals surface area contributed by atoms with Gasteiger partial charge in [-0.2, -0.15) is 0 Å². The van der Waals surface area contributed by atoms with Crippen LogP contribution in [0.4, 0.5) is 0 Å². The highest BCUT2D eigenvalue weighted by Crippen LogP contribution is 2.42. The lowest BCUT2D eigenvalue weighted by atomic mass is 10.1. The summed E-state index contributed by atoms with van der Waals surface area (Å²) >= 11 is 6.07. The lowest BCUT2D eigenvalue weighted by Gasteiger charge is -2.27. The van der Waals surface area contributed by atoms with Crippen molar-refractivity contribution in [3.63, 3.8) is 0 Å². The van der Waals surface area contributed by atoms with Gasteiger partial charge in [0.05, 0.1) is 4.90 Å². The molecule has 1 N–H and O–H groups in total. The number of carbonyl (C=O) groups excluding carboxylic acids is 2. The molecule has 31 heavy (non-hydrogen) atoms. The molecule has 0 heterocycles. The molecule has 1 saturated carbocycles. The summed E-state index contributed by atoms with van der Waals surface area (Å²) in [5.41, 5.74) is 2.11. The van der Waals surface area contributed by atoms with E-state index in [-0.39, 0.29) is 24.3 Å². The molecule has 0 aliphatic heterocycles. The van der Waals surface area contributed by atoms with Crippen LogP contribution in [0.25, 0.3) is 0 Å². The lowest BCUT2D eigenvalue weighted by molar-refractivity contribution is -0.151. The minimum absolute atomic E-state index is 0.148. The number of esters is 1. The number of hydrogen-bond acceptors (Lipinski definition) is 5. The summed E-state index contributed by atoms with van der Waals surface area (Å²) in [4.78, 5) is 25.4. The zero-order chi connectivity index (χ0) is 22.6. The van der Waals surface area contributed by atoms with E-state index in [9.17, 15) is 18.0 Å². The molecular formula is C23H26ClNO5S. The summed E-state index contributed by atoms with van der Waals surface area (Å²) in [6.45, 7) is 3.15. The fourth-order valence-corrected chi connectivity index (χ4v) is 6.45. The molecule has 166 valence electrons. The summed E-state index contributed by atoms with van der Waals surface area (Å²) in [6, 6.07) is 12.2. The van der Waals surface area contributed by atoms with Crippen LogP contribution in [0.1, 0.15) is 42.4 Å². The number of rotatable bonds is 7. The molecule has 0 bridgehead atoms. The van der Waals surface area contributed by atoms with E-state index in [1.807, 2.05) is 6.07 Å². The summed E-state index contributed by atoms with van der Waals surface area (Å²) in [5, 5.41) is 3.15. The first-order valence-electron chi connectivity index (χ1n) is 10.2. The van der Waals surface area contributed by atoms with E-state index in [0.717, 1.165) is 11.1 Å². The Kier molecular flexibility index (Phi) is 7.06. The number of carbonyl (C=O) groups is 2. The van der Waals surface area contributed by atoms with Crippen LogP contribution >= 0.6 is 11.6 Å². The highest BCUT2D eigenvalue weighted by molar-refractivity contribution is 7.93. The number of sulfone groups is 1. The fraction of sp³-hybridized carbons (Fsp3) is 0.391. The van der Waals surface area contributed by atoms with Gasteiger partial charge in [-0.1, -0.05) is 54.8 Å². The average molecular weight is 464 g/mol. The molecule has 0 spiro atoms. The van der Waals surface area contributed by atoms with Gasteiger partial charge in [-0.15, -0.1) is 0 Å². The van der Waals surface area contributed by atoms with Gasteiger partial charge in [0.2, 0.25) is 0 Å². The maximum Gasteiger partial charge on any atom is 0.328 e. The molecule has 8 heteroatoms. The number of nitrogens with one attached hydrogen (secondary N) is 1. The normalized spacial score (nSPS) is 15.5. The number of ether oxygens (including phenoxy) is 1. The third-order valence-electron chi connectivity index (χ3n) is 5.70. The summed E-state index contributed by atoms with van der Waals surface area (Å²) in [7, 11) is -3.99. The maximum absolute atomic E-state index is 13.5. The molecule has 1 fully saturated rings. The molecule has 1 aliphatic rings. The molecular weight excluding hydrogens is 438 g/mol. The Morgan fingerprint density at radius 2 is 1.77 bits per heavy atom. The van der Waals surface area contributed by atoms with E-state index in [1.54, 1.807) is 50.2 Å². The smallest absolute Gasteiger partial charge is 0.328 e. The molecule has 0 radical (unpaired) electrons. The van der Waals surface area contributed by atoms with Gasteiger partial charge >= 0.3 is 5.97 Å². The van der Waals surface area contributed by atoms with Crippen LogP contribution in [0, 0.1) is 13.8 Å². The van der Waals surface area contributed by atoms with Gasteiger partial charge in [0.1, 0.15) is 0 Å². The second-order valence-electron chi connectivity index (χ2n) is 7.92. The molecule has 0 aromatic heterocycles. The average Bonchev–Trinajstić information content (AvgIpc) is 3.25. The van der Waals surface area contributed by atoms with Gasteiger partial charge < -0.3 is 10.1 Å². The predicted molar refractivity (Wildman–Crippen MR) is 119 cm³/mol. The van der Waals surface area contributed by atoms with E-state index >= 15 is 0 Å². The van der Waals surface area contributed by atoms with Crippen LogP contribution in [0.3, 0.4) is 0 Å². The molecule has 2 aromatic carbocycles. The summed E-state index contributed by atoms with van der Waals surface area (Å²) in [6.07, 6.45) is 1.58. The zero-order valence-corrected chi connectivity index (χ0v) is 19.2. The summed E-state index contributed by atoms with van der Waals surface area (Å²) < 4.78 is 30.7. The van der Waals surface area contributed by atoms with Crippen LogP contribution in [-0.4, -0.2) is 31.6 Å². The van der Waals surface area contributed by atoms with Crippen molar-refractivity contribution in [1.82, 2.24) is 5.32 Å². The number of halogens is 1. The molecule has 0 unspecified atom stereocenters. The minimum Gasteiger partial charge on any atom is -0.454 e. The first kappa shape index (κ1) is 23.3. The lowest BCUT2D eigenvalue weighted by Crippen LogP contribution is -2.46. The third kappa shape index (κ3) is 4.77. The Balaban J connectivity index is 1.72. The number of aryl methyl sites for hydroxylation is 2. The SMILES string of the molecule is Cc1ccc(C)c(S(=O)(=O)C2(C(=O)OCC(=O)NCc3ccccc3Cl)CCCC2)c1. The monoisotopic (exact) mass is 463 g/mol. The Labute approximate surface area is 187 Å². The van der Waals surface area contributed by atoms with Gasteiger partial charge in [-0.3, -0.25) is 9.59 Å². The van der Waals surface area contributed by atoms with E-state index < -0.39 is 33.1 Å². The summed E-state index contributed by atoms with van der Waals surface area (Å²) in [5.74, 6) is -1.38. The van der Waals surface area contributed by atoms with E-state index in [0.29, 0.717) is 23.4 Å². The van der Waals surface area contributed by atoms with Crippen LogP contribution in [-0.2, 0) is 30.7 Å². The van der Waals surface area contributed by atoms with Crippen molar-refractivity contribution in [2.75, 3.05) is 6.61 Å². The van der Waals surface area contributed by atoms with E-state index in [4.69, 9.17) is 16.3 Å². The van der Waals surface area contributed by atoms with Gasteiger partial charge in [0.25, 0.3) is 5.91 Å². The molecule has 3 rings (SSSR count). The number of hydrogen-bond donors (Lipinski definition) is 1. The topological polar surface area (TPSA) is 89.5 Å². The Morgan fingerprint density at radius 3 is 2.45 bits per heavy atom. The zero-order valence-electron chi connectivity index (χ0n) is 17.6. The molecule has 0 saturated heterocycles. The van der Waals surface area contributed by atoms with Crippen molar-refractivity contribution in [1.29, 1.82) is 0 Å². The quantitative estimate of drug-likeness (QED) is 0.629. The standard InChI is InChI=1S/C23H26ClNO5S/c1-16-9-10-17(2)20(13-16)31(28,29)23(11-5-6-12-23)22(27)30-15-21(26)25-14-18-7-3-4-8-19(18)24/h3-4,7-10,13H,5-6,11-12,14-15H2,1-2H3,(H,25,26). The predicted octanol–water partition coefficient (Wildman–Crippen LogP) is 3.90. The second kappa shape index (κ2) is 9.40. The van der Waals surface area contributed by atoms with Gasteiger partial charge in [0, 0.05) is 11.6 Å². The minimum atomic E-state index is -3.99. The Hall–Kier alpha value is -2.38. The Bertz CT molecular complexity index is 1090. The van der Waals surface area contributed by atoms with E-state index in [1.165, 1.54) is 0 Å². The maximum atomic E-state index is 13.5. The van der Waals surface area contributed by atoms with Crippen molar-refractivity contribution in [2.45, 2.75) is 55.7 Å². The highest BCUT2D eigenvalue weighted by Gasteiger charge is 2.54. The Morgan fingerprint density at radius 1 is 1.10 bits per heavy atom. The molecule has 2 aromatic rings. The molecule has 0 atom stereocenters. The first-order chi connectivity index (χ1) is 14.7. The largest absolute Gasteiger partial charge is 0.454 e. The number of benzene rings is 2. The van der Waals surface area contributed by atoms with Crippen LogP contribution in [0.2, 0.25) is 5.02 Å². The van der Waals surface area contributed by atoms with Crippen LogP contribution < -0.4 is 5.32 Å². The molecule has 1 amide bonds. The van der Waals surface area contributed by atoms with Crippen LogP contribution in [0.5, 0.6) is 0 Å². The fourth-order valence-electron chi connectivity index (χ4n) is 3.89. The van der Waals surface area contributed by atoms with Gasteiger partial charge in [-0.25, -0.2) is 8.42 Å². The van der Waals surface area contributed by atoms with Crippen molar-refractivity contribution in [3.8, 4) is 0 Å². The first-order valence-corrected chi connectivity index (χ1v) is 12.0. The molecule has 6 nitrogen and oxygen atoms in total. The van der Waals surface area contributed by atoms with Crippen LogP contribution in [0.15, 0.2) is 47.4 Å². The van der Waals surface area contributed by atoms with Crippen molar-refractivity contribution in [2.24, 2.45) is 0 Å². The van der Waals surface area contributed by atoms with Crippen molar-refractivity contribution >= 4 is 33.3 Å². The van der Waals surface area contributed by atoms with E-state index in [2.05, 4.69) is 5.32 Å². The molecule has 1 aliphatic carbocycles.